The zero-order chi connectivity index (χ0) is 13.5. The molecule has 1 heteroatoms. The van der Waals surface area contributed by atoms with Crippen molar-refractivity contribution in [1.29, 1.82) is 0 Å². The Balaban J connectivity index is 2.36. The van der Waals surface area contributed by atoms with Crippen LogP contribution in [0.15, 0.2) is 0 Å². The molecule has 18 heavy (non-hydrogen) atoms. The maximum Gasteiger partial charge on any atom is 0.00104 e. The van der Waals surface area contributed by atoms with E-state index in [0.717, 1.165) is 23.7 Å². The van der Waals surface area contributed by atoms with Gasteiger partial charge in [0, 0.05) is 6.04 Å². The van der Waals surface area contributed by atoms with Crippen molar-refractivity contribution in [2.75, 3.05) is 6.54 Å². The van der Waals surface area contributed by atoms with Crippen LogP contribution in [0.1, 0.15) is 73.1 Å². The van der Waals surface area contributed by atoms with E-state index in [1.165, 1.54) is 45.1 Å². The molecule has 1 N–H and O–H groups in total. The minimum absolute atomic E-state index is 0.640. The van der Waals surface area contributed by atoms with Crippen LogP contribution in [0.25, 0.3) is 0 Å². The second kappa shape index (κ2) is 8.19. The quantitative estimate of drug-likeness (QED) is 0.683. The second-order valence-electron chi connectivity index (χ2n) is 7.33. The van der Waals surface area contributed by atoms with Gasteiger partial charge in [-0.1, -0.05) is 60.3 Å². The van der Waals surface area contributed by atoms with Crippen LogP contribution in [0.4, 0.5) is 0 Å². The highest BCUT2D eigenvalue weighted by Crippen LogP contribution is 2.36. The van der Waals surface area contributed by atoms with Gasteiger partial charge < -0.3 is 5.32 Å². The molecule has 0 amide bonds. The van der Waals surface area contributed by atoms with Crippen LogP contribution in [-0.2, 0) is 0 Å². The molecular weight excluding hydrogens is 218 g/mol. The molecule has 0 aromatic carbocycles. The van der Waals surface area contributed by atoms with Gasteiger partial charge in [-0.05, 0) is 43.1 Å². The van der Waals surface area contributed by atoms with Gasteiger partial charge in [0.2, 0.25) is 0 Å². The van der Waals surface area contributed by atoms with Crippen LogP contribution in [0.3, 0.4) is 0 Å². The van der Waals surface area contributed by atoms with Gasteiger partial charge in [-0.3, -0.25) is 0 Å². The summed E-state index contributed by atoms with van der Waals surface area (Å²) in [7, 11) is 0. The van der Waals surface area contributed by atoms with E-state index in [1.807, 2.05) is 0 Å². The lowest BCUT2D eigenvalue weighted by atomic mass is 9.72. The highest BCUT2D eigenvalue weighted by Gasteiger charge is 2.27. The molecule has 1 aliphatic carbocycles. The van der Waals surface area contributed by atoms with Crippen LogP contribution >= 0.6 is 0 Å². The van der Waals surface area contributed by atoms with Crippen molar-refractivity contribution in [2.45, 2.75) is 79.2 Å². The predicted molar refractivity (Wildman–Crippen MR) is 81.8 cm³/mol. The van der Waals surface area contributed by atoms with E-state index in [9.17, 15) is 0 Å². The summed E-state index contributed by atoms with van der Waals surface area (Å²) in [6, 6.07) is 0.640. The first-order valence-corrected chi connectivity index (χ1v) is 8.22. The topological polar surface area (TPSA) is 12.0 Å². The SMILES string of the molecule is CC(C)CCCC1CC(C)CCC1CNC(C)C. The largest absolute Gasteiger partial charge is 0.314 e. The molecule has 0 heterocycles. The van der Waals surface area contributed by atoms with E-state index in [1.54, 1.807) is 0 Å². The van der Waals surface area contributed by atoms with Crippen molar-refractivity contribution in [3.8, 4) is 0 Å². The molecule has 0 radical (unpaired) electrons. The third-order valence-electron chi connectivity index (χ3n) is 4.55. The summed E-state index contributed by atoms with van der Waals surface area (Å²) in [4.78, 5) is 0. The second-order valence-corrected chi connectivity index (χ2v) is 7.33. The molecule has 3 unspecified atom stereocenters. The Bertz CT molecular complexity index is 210. The first kappa shape index (κ1) is 16.0. The lowest BCUT2D eigenvalue weighted by Crippen LogP contribution is -2.35. The fraction of sp³-hybridized carbons (Fsp3) is 1.00. The summed E-state index contributed by atoms with van der Waals surface area (Å²) in [6.45, 7) is 12.9. The number of rotatable bonds is 7. The molecular formula is C17H35N. The Kier molecular flexibility index (Phi) is 7.29. The van der Waals surface area contributed by atoms with E-state index in [2.05, 4.69) is 39.9 Å². The van der Waals surface area contributed by atoms with Gasteiger partial charge in [0.25, 0.3) is 0 Å². The van der Waals surface area contributed by atoms with Gasteiger partial charge in [0.05, 0.1) is 0 Å². The van der Waals surface area contributed by atoms with Crippen molar-refractivity contribution in [3.05, 3.63) is 0 Å². The molecule has 1 fully saturated rings. The third kappa shape index (κ3) is 6.22. The molecule has 0 spiro atoms. The van der Waals surface area contributed by atoms with E-state index in [-0.39, 0.29) is 0 Å². The summed E-state index contributed by atoms with van der Waals surface area (Å²) < 4.78 is 0. The zero-order valence-electron chi connectivity index (χ0n) is 13.3. The summed E-state index contributed by atoms with van der Waals surface area (Å²) in [5.74, 6) is 3.76. The number of nitrogens with one attached hydrogen (secondary N) is 1. The molecule has 0 saturated heterocycles. The smallest absolute Gasteiger partial charge is 0.00104 e. The van der Waals surface area contributed by atoms with Crippen LogP contribution in [-0.4, -0.2) is 12.6 Å². The Morgan fingerprint density at radius 1 is 1.06 bits per heavy atom. The normalized spacial score (nSPS) is 29.2. The number of hydrogen-bond donors (Lipinski definition) is 1. The summed E-state index contributed by atoms with van der Waals surface area (Å²) in [6.07, 6.45) is 8.69. The monoisotopic (exact) mass is 253 g/mol. The highest BCUT2D eigenvalue weighted by atomic mass is 14.9. The molecule has 0 aromatic rings. The molecule has 1 saturated carbocycles. The van der Waals surface area contributed by atoms with Crippen molar-refractivity contribution >= 4 is 0 Å². The molecule has 1 nitrogen and oxygen atoms in total. The predicted octanol–water partition coefficient (Wildman–Crippen LogP) is 4.86. The molecule has 0 aromatic heterocycles. The molecule has 3 atom stereocenters. The van der Waals surface area contributed by atoms with Gasteiger partial charge in [-0.25, -0.2) is 0 Å². The van der Waals surface area contributed by atoms with Gasteiger partial charge in [-0.2, -0.15) is 0 Å². The minimum Gasteiger partial charge on any atom is -0.314 e. The van der Waals surface area contributed by atoms with E-state index in [0.29, 0.717) is 6.04 Å². The number of hydrogen-bond acceptors (Lipinski definition) is 1. The van der Waals surface area contributed by atoms with Gasteiger partial charge in [-0.15, -0.1) is 0 Å². The minimum atomic E-state index is 0.640. The molecule has 108 valence electrons. The summed E-state index contributed by atoms with van der Waals surface area (Å²) in [5.41, 5.74) is 0. The highest BCUT2D eigenvalue weighted by molar-refractivity contribution is 4.80. The molecule has 0 aliphatic heterocycles. The molecule has 0 bridgehead atoms. The van der Waals surface area contributed by atoms with Gasteiger partial charge in [0.1, 0.15) is 0 Å². The lowest BCUT2D eigenvalue weighted by molar-refractivity contribution is 0.168. The van der Waals surface area contributed by atoms with Crippen molar-refractivity contribution in [2.24, 2.45) is 23.7 Å². The van der Waals surface area contributed by atoms with Crippen molar-refractivity contribution < 1.29 is 0 Å². The standard InChI is InChI=1S/C17H35N/c1-13(2)7-6-8-16-11-15(5)9-10-17(16)12-18-14(3)4/h13-18H,6-12H2,1-5H3. The Labute approximate surface area is 115 Å². The third-order valence-corrected chi connectivity index (χ3v) is 4.55. The van der Waals surface area contributed by atoms with Crippen molar-refractivity contribution in [1.82, 2.24) is 5.32 Å². The lowest BCUT2D eigenvalue weighted by Gasteiger charge is -2.36. The van der Waals surface area contributed by atoms with Crippen LogP contribution in [0.5, 0.6) is 0 Å². The summed E-state index contributed by atoms with van der Waals surface area (Å²) in [5, 5.41) is 3.66. The first-order valence-electron chi connectivity index (χ1n) is 8.22. The summed E-state index contributed by atoms with van der Waals surface area (Å²) >= 11 is 0. The average Bonchev–Trinajstić information content (AvgIpc) is 2.27. The van der Waals surface area contributed by atoms with Crippen LogP contribution in [0.2, 0.25) is 0 Å². The Hall–Kier alpha value is -0.0400. The fourth-order valence-electron chi connectivity index (χ4n) is 3.36. The molecule has 1 aliphatic rings. The maximum absolute atomic E-state index is 3.66. The van der Waals surface area contributed by atoms with E-state index < -0.39 is 0 Å². The van der Waals surface area contributed by atoms with E-state index in [4.69, 9.17) is 0 Å². The Morgan fingerprint density at radius 2 is 1.78 bits per heavy atom. The van der Waals surface area contributed by atoms with Crippen molar-refractivity contribution in [3.63, 3.8) is 0 Å². The van der Waals surface area contributed by atoms with Crippen LogP contribution < -0.4 is 5.32 Å². The van der Waals surface area contributed by atoms with E-state index >= 15 is 0 Å². The fourth-order valence-corrected chi connectivity index (χ4v) is 3.36. The van der Waals surface area contributed by atoms with Gasteiger partial charge in [0.15, 0.2) is 0 Å². The first-order chi connectivity index (χ1) is 8.49. The van der Waals surface area contributed by atoms with Gasteiger partial charge >= 0.3 is 0 Å². The average molecular weight is 253 g/mol. The Morgan fingerprint density at radius 3 is 2.39 bits per heavy atom. The molecule has 1 rings (SSSR count). The van der Waals surface area contributed by atoms with Crippen LogP contribution in [0, 0.1) is 23.7 Å². The zero-order valence-corrected chi connectivity index (χ0v) is 13.3. The maximum atomic E-state index is 3.66.